The van der Waals surface area contributed by atoms with E-state index in [2.05, 4.69) is 20.9 Å². The van der Waals surface area contributed by atoms with Gasteiger partial charge in [0.2, 0.25) is 0 Å². The van der Waals surface area contributed by atoms with Crippen molar-refractivity contribution in [1.29, 1.82) is 0 Å². The fraction of sp³-hybridized carbons (Fsp3) is 0.0435. The maximum atomic E-state index is 14.5. The number of aromatic nitrogens is 2. The van der Waals surface area contributed by atoms with Crippen LogP contribution < -0.4 is 10.6 Å². The standard InChI is InChI=1S/C46H32Cl2N6O2/c1-27-41(35-12-6-8-14-37(35)50-43(27)29-16-20-31(47)21-17-29)45(55)49-34-24-25-39(54-53-33-10-4-3-5-11-33)40(26-34)52-46(56)42-28(2)44(30-18-22-32(48)23-19-30)51-38-15-9-7-13-36(38)42/h3-26H,1-2H3,(H,49,55)(H,52,56). The Morgan fingerprint density at radius 2 is 1.02 bits per heavy atom. The third-order valence-electron chi connectivity index (χ3n) is 9.49. The van der Waals surface area contributed by atoms with Gasteiger partial charge in [-0.2, -0.15) is 5.11 Å². The number of azo groups is 1. The summed E-state index contributed by atoms with van der Waals surface area (Å²) >= 11 is 12.4. The second-order valence-corrected chi connectivity index (χ2v) is 14.0. The predicted octanol–water partition coefficient (Wildman–Crippen LogP) is 13.0. The summed E-state index contributed by atoms with van der Waals surface area (Å²) in [5.41, 5.74) is 8.49. The van der Waals surface area contributed by atoms with Crippen molar-refractivity contribution in [3.05, 3.63) is 178 Å². The first kappa shape index (κ1) is 36.2. The van der Waals surface area contributed by atoms with Crippen LogP contribution in [0.2, 0.25) is 10.0 Å². The summed E-state index contributed by atoms with van der Waals surface area (Å²) in [5, 5.41) is 17.7. The zero-order valence-electron chi connectivity index (χ0n) is 30.2. The lowest BCUT2D eigenvalue weighted by atomic mass is 9.97. The Morgan fingerprint density at radius 3 is 1.55 bits per heavy atom. The molecule has 8 nitrogen and oxygen atoms in total. The number of rotatable bonds is 8. The lowest BCUT2D eigenvalue weighted by Gasteiger charge is -2.17. The number of pyridine rings is 2. The molecule has 8 aromatic rings. The van der Waals surface area contributed by atoms with Gasteiger partial charge in [-0.15, -0.1) is 5.11 Å². The quantitative estimate of drug-likeness (QED) is 0.150. The molecule has 2 N–H and O–H groups in total. The Kier molecular flexibility index (Phi) is 10.1. The van der Waals surface area contributed by atoms with Crippen molar-refractivity contribution in [2.24, 2.45) is 10.2 Å². The highest BCUT2D eigenvalue weighted by molar-refractivity contribution is 6.31. The number of hydrogen-bond acceptors (Lipinski definition) is 6. The number of anilines is 2. The average Bonchev–Trinajstić information content (AvgIpc) is 3.21. The van der Waals surface area contributed by atoms with E-state index in [0.717, 1.165) is 11.1 Å². The van der Waals surface area contributed by atoms with E-state index in [1.54, 1.807) is 42.5 Å². The van der Waals surface area contributed by atoms with E-state index in [-0.39, 0.29) is 11.8 Å². The number of nitrogens with one attached hydrogen (secondary N) is 2. The number of amides is 2. The van der Waals surface area contributed by atoms with E-state index < -0.39 is 0 Å². The van der Waals surface area contributed by atoms with Crippen LogP contribution >= 0.6 is 23.2 Å². The van der Waals surface area contributed by atoms with Crippen LogP contribution in [-0.4, -0.2) is 21.8 Å². The van der Waals surface area contributed by atoms with Gasteiger partial charge in [0.25, 0.3) is 11.8 Å². The van der Waals surface area contributed by atoms with Crippen molar-refractivity contribution >= 4 is 79.6 Å². The first-order chi connectivity index (χ1) is 27.2. The van der Waals surface area contributed by atoms with Gasteiger partial charge in [-0.1, -0.05) is 102 Å². The number of benzene rings is 6. The Morgan fingerprint density at radius 1 is 0.536 bits per heavy atom. The van der Waals surface area contributed by atoms with E-state index >= 15 is 0 Å². The third-order valence-corrected chi connectivity index (χ3v) is 10.00. The van der Waals surface area contributed by atoms with Gasteiger partial charge in [-0.3, -0.25) is 9.59 Å². The Hall–Kier alpha value is -6.74. The molecule has 0 aliphatic heterocycles. The van der Waals surface area contributed by atoms with Crippen molar-refractivity contribution in [2.45, 2.75) is 13.8 Å². The highest BCUT2D eigenvalue weighted by atomic mass is 35.5. The maximum absolute atomic E-state index is 14.5. The SMILES string of the molecule is Cc1c(-c2ccc(Cl)cc2)nc2ccccc2c1C(=O)Nc1ccc(N=Nc2ccccc2)c(NC(=O)c2c(C)c(-c3ccc(Cl)cc3)nc3ccccc23)c1. The number of para-hydroxylation sites is 2. The highest BCUT2D eigenvalue weighted by Gasteiger charge is 2.22. The Labute approximate surface area is 332 Å². The molecule has 2 aromatic heterocycles. The van der Waals surface area contributed by atoms with Crippen LogP contribution in [0.25, 0.3) is 44.3 Å². The Balaban J connectivity index is 1.20. The summed E-state index contributed by atoms with van der Waals surface area (Å²) in [6.45, 7) is 3.77. The van der Waals surface area contributed by atoms with Gasteiger partial charge in [0.1, 0.15) is 5.69 Å². The fourth-order valence-corrected chi connectivity index (χ4v) is 7.02. The van der Waals surface area contributed by atoms with Crippen LogP contribution in [0, 0.1) is 13.8 Å². The van der Waals surface area contributed by atoms with Crippen molar-refractivity contribution in [3.63, 3.8) is 0 Å². The minimum atomic E-state index is -0.375. The summed E-state index contributed by atoms with van der Waals surface area (Å²) in [5.74, 6) is -0.713. The number of fused-ring (bicyclic) bond motifs is 2. The second-order valence-electron chi connectivity index (χ2n) is 13.1. The number of nitrogens with zero attached hydrogens (tertiary/aromatic N) is 4. The van der Waals surface area contributed by atoms with Gasteiger partial charge in [0.15, 0.2) is 0 Å². The molecule has 0 aliphatic carbocycles. The lowest BCUT2D eigenvalue weighted by molar-refractivity contribution is 0.102. The van der Waals surface area contributed by atoms with Crippen LogP contribution in [0.3, 0.4) is 0 Å². The molecule has 6 aromatic carbocycles. The molecule has 2 amide bonds. The smallest absolute Gasteiger partial charge is 0.256 e. The zero-order chi connectivity index (χ0) is 38.8. The van der Waals surface area contributed by atoms with E-state index in [9.17, 15) is 9.59 Å². The monoisotopic (exact) mass is 770 g/mol. The molecule has 8 rings (SSSR count). The topological polar surface area (TPSA) is 109 Å². The maximum Gasteiger partial charge on any atom is 0.256 e. The summed E-state index contributed by atoms with van der Waals surface area (Å²) in [7, 11) is 0. The van der Waals surface area contributed by atoms with Crippen LogP contribution in [0.1, 0.15) is 31.8 Å². The van der Waals surface area contributed by atoms with E-state index in [0.29, 0.717) is 88.2 Å². The zero-order valence-corrected chi connectivity index (χ0v) is 31.7. The minimum absolute atomic E-state index is 0.337. The molecular formula is C46H32Cl2N6O2. The number of carbonyl (C=O) groups excluding carboxylic acids is 2. The molecule has 0 bridgehead atoms. The third kappa shape index (κ3) is 7.36. The van der Waals surface area contributed by atoms with Gasteiger partial charge < -0.3 is 10.6 Å². The molecule has 272 valence electrons. The minimum Gasteiger partial charge on any atom is -0.322 e. The molecule has 0 unspecified atom stereocenters. The molecule has 0 atom stereocenters. The summed E-state index contributed by atoms with van der Waals surface area (Å²) < 4.78 is 0. The van der Waals surface area contributed by atoms with Crippen molar-refractivity contribution in [3.8, 4) is 22.5 Å². The van der Waals surface area contributed by atoms with Crippen LogP contribution in [-0.2, 0) is 0 Å². The van der Waals surface area contributed by atoms with E-state index in [4.69, 9.17) is 33.2 Å². The van der Waals surface area contributed by atoms with Gasteiger partial charge in [-0.25, -0.2) is 9.97 Å². The van der Waals surface area contributed by atoms with Gasteiger partial charge in [0, 0.05) is 37.6 Å². The van der Waals surface area contributed by atoms with Crippen LogP contribution in [0.15, 0.2) is 156 Å². The van der Waals surface area contributed by atoms with Crippen LogP contribution in [0.5, 0.6) is 0 Å². The number of carbonyl (C=O) groups is 2. The van der Waals surface area contributed by atoms with E-state index in [1.807, 2.05) is 117 Å². The molecule has 0 radical (unpaired) electrons. The highest BCUT2D eigenvalue weighted by Crippen LogP contribution is 2.36. The molecule has 0 aliphatic rings. The normalized spacial score (nSPS) is 11.3. The second kappa shape index (κ2) is 15.5. The average molecular weight is 772 g/mol. The van der Waals surface area contributed by atoms with Gasteiger partial charge in [-0.05, 0) is 91.7 Å². The van der Waals surface area contributed by atoms with Crippen LogP contribution in [0.4, 0.5) is 22.7 Å². The lowest BCUT2D eigenvalue weighted by Crippen LogP contribution is -2.17. The number of halogens is 2. The molecule has 2 heterocycles. The Bertz CT molecular complexity index is 2830. The molecule has 56 heavy (non-hydrogen) atoms. The molecule has 0 saturated heterocycles. The van der Waals surface area contributed by atoms with E-state index in [1.165, 1.54) is 0 Å². The summed E-state index contributed by atoms with van der Waals surface area (Å²) in [6, 6.07) is 44.2. The van der Waals surface area contributed by atoms with Gasteiger partial charge >= 0.3 is 0 Å². The molecule has 0 saturated carbocycles. The largest absolute Gasteiger partial charge is 0.322 e. The van der Waals surface area contributed by atoms with Gasteiger partial charge in [0.05, 0.1) is 44.9 Å². The molecule has 0 fully saturated rings. The number of hydrogen-bond donors (Lipinski definition) is 2. The van der Waals surface area contributed by atoms with Crippen molar-refractivity contribution in [2.75, 3.05) is 10.6 Å². The first-order valence-corrected chi connectivity index (χ1v) is 18.5. The molecule has 0 spiro atoms. The first-order valence-electron chi connectivity index (χ1n) is 17.8. The van der Waals surface area contributed by atoms with Crippen molar-refractivity contribution < 1.29 is 9.59 Å². The fourth-order valence-electron chi connectivity index (χ4n) is 6.76. The molecular weight excluding hydrogens is 739 g/mol. The van der Waals surface area contributed by atoms with Crippen molar-refractivity contribution in [1.82, 2.24) is 9.97 Å². The predicted molar refractivity (Wildman–Crippen MR) is 227 cm³/mol. The molecule has 10 heteroatoms. The summed E-state index contributed by atoms with van der Waals surface area (Å²) in [4.78, 5) is 38.7. The summed E-state index contributed by atoms with van der Waals surface area (Å²) in [6.07, 6.45) is 0.